The summed E-state index contributed by atoms with van der Waals surface area (Å²) in [5, 5.41) is 3.18. The first-order chi connectivity index (χ1) is 10.2. The second-order valence-electron chi connectivity index (χ2n) is 5.65. The van der Waals surface area contributed by atoms with Gasteiger partial charge in [0.2, 0.25) is 5.91 Å². The zero-order chi connectivity index (χ0) is 14.7. The van der Waals surface area contributed by atoms with Crippen LogP contribution in [0.4, 0.5) is 5.69 Å². The molecule has 21 heavy (non-hydrogen) atoms. The summed E-state index contributed by atoms with van der Waals surface area (Å²) in [4.78, 5) is 12.1. The lowest BCUT2D eigenvalue weighted by atomic mass is 9.97. The van der Waals surface area contributed by atoms with Gasteiger partial charge in [0, 0.05) is 11.6 Å². The van der Waals surface area contributed by atoms with Crippen LogP contribution in [0.1, 0.15) is 30.0 Å². The standard InChI is InChI=1S/C18H20N2O/c19-16-9-5-4-8-15(16)12-17(13-6-2-1-3-7-13)20-18(21)14-10-11-14/h1-9,14,17H,10-12,19H2,(H,20,21)/t17-/m0/s1. The largest absolute Gasteiger partial charge is 0.399 e. The van der Waals surface area contributed by atoms with Crippen LogP contribution in [0.5, 0.6) is 0 Å². The number of rotatable bonds is 5. The van der Waals surface area contributed by atoms with Crippen LogP contribution in [0.15, 0.2) is 54.6 Å². The topological polar surface area (TPSA) is 55.1 Å². The van der Waals surface area contributed by atoms with Gasteiger partial charge in [0.15, 0.2) is 0 Å². The fraction of sp³-hybridized carbons (Fsp3) is 0.278. The van der Waals surface area contributed by atoms with Crippen LogP contribution in [0.3, 0.4) is 0 Å². The molecule has 108 valence electrons. The van der Waals surface area contributed by atoms with E-state index < -0.39 is 0 Å². The number of nitrogens with one attached hydrogen (secondary N) is 1. The number of benzene rings is 2. The van der Waals surface area contributed by atoms with E-state index in [0.29, 0.717) is 0 Å². The number of carbonyl (C=O) groups is 1. The molecule has 2 aromatic carbocycles. The molecule has 1 saturated carbocycles. The van der Waals surface area contributed by atoms with Crippen molar-refractivity contribution < 1.29 is 4.79 Å². The third kappa shape index (κ3) is 3.43. The molecule has 3 rings (SSSR count). The minimum atomic E-state index is -0.0241. The van der Waals surface area contributed by atoms with Crippen LogP contribution in [0.2, 0.25) is 0 Å². The summed E-state index contributed by atoms with van der Waals surface area (Å²) in [5.41, 5.74) is 9.01. The summed E-state index contributed by atoms with van der Waals surface area (Å²) in [6, 6.07) is 17.9. The van der Waals surface area contributed by atoms with Crippen LogP contribution in [0.25, 0.3) is 0 Å². The molecule has 1 aliphatic rings. The molecule has 1 fully saturated rings. The molecule has 1 amide bonds. The van der Waals surface area contributed by atoms with E-state index in [1.54, 1.807) is 0 Å². The van der Waals surface area contributed by atoms with Gasteiger partial charge in [0.05, 0.1) is 6.04 Å². The molecule has 1 aliphatic carbocycles. The summed E-state index contributed by atoms with van der Waals surface area (Å²) in [6.45, 7) is 0. The molecular weight excluding hydrogens is 260 g/mol. The lowest BCUT2D eigenvalue weighted by molar-refractivity contribution is -0.123. The van der Waals surface area contributed by atoms with Crippen molar-refractivity contribution in [1.82, 2.24) is 5.32 Å². The van der Waals surface area contributed by atoms with Gasteiger partial charge >= 0.3 is 0 Å². The maximum Gasteiger partial charge on any atom is 0.223 e. The van der Waals surface area contributed by atoms with Crippen molar-refractivity contribution in [1.29, 1.82) is 0 Å². The molecule has 0 aromatic heterocycles. The smallest absolute Gasteiger partial charge is 0.223 e. The quantitative estimate of drug-likeness (QED) is 0.827. The van der Waals surface area contributed by atoms with E-state index in [4.69, 9.17) is 5.73 Å². The van der Waals surface area contributed by atoms with E-state index >= 15 is 0 Å². The van der Waals surface area contributed by atoms with Crippen LogP contribution in [-0.2, 0) is 11.2 Å². The molecule has 3 heteroatoms. The zero-order valence-corrected chi connectivity index (χ0v) is 12.0. The third-order valence-corrected chi connectivity index (χ3v) is 3.95. The molecule has 0 bridgehead atoms. The molecule has 0 saturated heterocycles. The Hall–Kier alpha value is -2.29. The molecule has 1 atom stereocenters. The Labute approximate surface area is 125 Å². The zero-order valence-electron chi connectivity index (χ0n) is 12.0. The molecule has 0 aliphatic heterocycles. The minimum Gasteiger partial charge on any atom is -0.399 e. The monoisotopic (exact) mass is 280 g/mol. The Balaban J connectivity index is 1.81. The van der Waals surface area contributed by atoms with Crippen molar-refractivity contribution in [3.05, 3.63) is 65.7 Å². The first kappa shape index (κ1) is 13.7. The Morgan fingerprint density at radius 2 is 1.76 bits per heavy atom. The van der Waals surface area contributed by atoms with Gasteiger partial charge in [-0.2, -0.15) is 0 Å². The molecule has 3 nitrogen and oxygen atoms in total. The second kappa shape index (κ2) is 6.00. The van der Waals surface area contributed by atoms with E-state index in [1.807, 2.05) is 42.5 Å². The van der Waals surface area contributed by atoms with Gasteiger partial charge in [-0.25, -0.2) is 0 Å². The summed E-state index contributed by atoms with van der Waals surface area (Å²) in [6.07, 6.45) is 2.75. The van der Waals surface area contributed by atoms with Gasteiger partial charge in [-0.3, -0.25) is 4.79 Å². The summed E-state index contributed by atoms with van der Waals surface area (Å²) >= 11 is 0. The highest BCUT2D eigenvalue weighted by Crippen LogP contribution is 2.30. The Morgan fingerprint density at radius 1 is 1.10 bits per heavy atom. The highest BCUT2D eigenvalue weighted by atomic mass is 16.2. The lowest BCUT2D eigenvalue weighted by Crippen LogP contribution is -2.31. The van der Waals surface area contributed by atoms with Crippen LogP contribution in [0, 0.1) is 5.92 Å². The van der Waals surface area contributed by atoms with Gasteiger partial charge in [0.25, 0.3) is 0 Å². The predicted molar refractivity (Wildman–Crippen MR) is 84.6 cm³/mol. The van der Waals surface area contributed by atoms with Crippen molar-refractivity contribution in [3.8, 4) is 0 Å². The van der Waals surface area contributed by atoms with Crippen molar-refractivity contribution in [3.63, 3.8) is 0 Å². The van der Waals surface area contributed by atoms with Gasteiger partial charge in [-0.15, -0.1) is 0 Å². The fourth-order valence-corrected chi connectivity index (χ4v) is 2.51. The van der Waals surface area contributed by atoms with E-state index in [0.717, 1.165) is 36.1 Å². The molecule has 0 unspecified atom stereocenters. The minimum absolute atomic E-state index is 0.0241. The number of para-hydroxylation sites is 1. The van der Waals surface area contributed by atoms with E-state index in [9.17, 15) is 4.79 Å². The number of carbonyl (C=O) groups excluding carboxylic acids is 1. The second-order valence-corrected chi connectivity index (χ2v) is 5.65. The highest BCUT2D eigenvalue weighted by Gasteiger charge is 2.31. The molecule has 0 spiro atoms. The first-order valence-corrected chi connectivity index (χ1v) is 7.43. The molecule has 3 N–H and O–H groups in total. The molecule has 0 radical (unpaired) electrons. The normalized spacial score (nSPS) is 15.4. The molecular formula is C18H20N2O. The summed E-state index contributed by atoms with van der Waals surface area (Å²) in [5.74, 6) is 0.377. The molecule has 0 heterocycles. The maximum atomic E-state index is 12.1. The summed E-state index contributed by atoms with van der Waals surface area (Å²) in [7, 11) is 0. The fourth-order valence-electron chi connectivity index (χ4n) is 2.51. The highest BCUT2D eigenvalue weighted by molar-refractivity contribution is 5.81. The van der Waals surface area contributed by atoms with E-state index in [2.05, 4.69) is 17.4 Å². The van der Waals surface area contributed by atoms with Crippen molar-refractivity contribution >= 4 is 11.6 Å². The van der Waals surface area contributed by atoms with Crippen LogP contribution in [-0.4, -0.2) is 5.91 Å². The first-order valence-electron chi connectivity index (χ1n) is 7.43. The SMILES string of the molecule is Nc1ccccc1C[C@H](NC(=O)C1CC1)c1ccccc1. The van der Waals surface area contributed by atoms with E-state index in [-0.39, 0.29) is 17.9 Å². The average Bonchev–Trinajstić information content (AvgIpc) is 3.34. The molecule has 2 aromatic rings. The van der Waals surface area contributed by atoms with Gasteiger partial charge in [-0.1, -0.05) is 48.5 Å². The van der Waals surface area contributed by atoms with E-state index in [1.165, 1.54) is 0 Å². The average molecular weight is 280 g/mol. The van der Waals surface area contributed by atoms with Crippen molar-refractivity contribution in [2.24, 2.45) is 5.92 Å². The number of amides is 1. The number of hydrogen-bond donors (Lipinski definition) is 2. The van der Waals surface area contributed by atoms with Crippen molar-refractivity contribution in [2.75, 3.05) is 5.73 Å². The van der Waals surface area contributed by atoms with Crippen LogP contribution >= 0.6 is 0 Å². The van der Waals surface area contributed by atoms with Crippen molar-refractivity contribution in [2.45, 2.75) is 25.3 Å². The lowest BCUT2D eigenvalue weighted by Gasteiger charge is -2.20. The van der Waals surface area contributed by atoms with Crippen LogP contribution < -0.4 is 11.1 Å². The number of nitrogen functional groups attached to an aromatic ring is 1. The third-order valence-electron chi connectivity index (χ3n) is 3.95. The number of hydrogen-bond acceptors (Lipinski definition) is 2. The predicted octanol–water partition coefficient (Wildman–Crippen LogP) is 3.08. The van der Waals surface area contributed by atoms with Gasteiger partial charge < -0.3 is 11.1 Å². The maximum absolute atomic E-state index is 12.1. The Bertz CT molecular complexity index is 620. The summed E-state index contributed by atoms with van der Waals surface area (Å²) < 4.78 is 0. The van der Waals surface area contributed by atoms with Gasteiger partial charge in [0.1, 0.15) is 0 Å². The Kier molecular flexibility index (Phi) is 3.91. The number of anilines is 1. The Morgan fingerprint density at radius 3 is 2.43 bits per heavy atom. The number of nitrogens with two attached hydrogens (primary N) is 1. The van der Waals surface area contributed by atoms with Gasteiger partial charge in [-0.05, 0) is 36.5 Å².